The minimum absolute atomic E-state index is 0. The van der Waals surface area contributed by atoms with Crippen LogP contribution in [-0.2, 0) is 169 Å². The molecule has 0 radical (unpaired) electrons. The second kappa shape index (κ2) is 204. The van der Waals surface area contributed by atoms with Gasteiger partial charge < -0.3 is 30.8 Å². The first-order valence-electron chi connectivity index (χ1n) is 0. The van der Waals surface area contributed by atoms with Gasteiger partial charge in [0.2, 0.25) is 0 Å². The Morgan fingerprint density at radius 3 is 0.286 bits per heavy atom. The number of hydrogen-bond acceptors (Lipinski definition) is 0. The maximum atomic E-state index is 0. The number of nitrogens with zero attached hydrogens (tertiary/aromatic N) is 5. The van der Waals surface area contributed by atoms with E-state index in [0.29, 0.717) is 0 Å². The molecule has 0 aliphatic carbocycles. The van der Waals surface area contributed by atoms with Gasteiger partial charge >= 0.3 is 67.1 Å². The van der Waals surface area contributed by atoms with E-state index < -0.39 is 0 Å². The van der Waals surface area contributed by atoms with Crippen LogP contribution in [0, 0.1) is 0 Å². The van der Waals surface area contributed by atoms with Gasteiger partial charge in [-0.25, -0.2) is 0 Å². The quantitative estimate of drug-likeness (QED) is 0.323. The fourth-order valence-electron chi connectivity index (χ4n) is 0. The van der Waals surface area contributed by atoms with Crippen LogP contribution in [0.3, 0.4) is 0 Å². The summed E-state index contributed by atoms with van der Waals surface area (Å²) < 4.78 is 0. The molecule has 0 aromatic heterocycles. The Hall–Kier alpha value is 5.10. The van der Waals surface area contributed by atoms with Crippen molar-refractivity contribution in [1.29, 1.82) is 0 Å². The molecule has 14 heteroatoms. The molecule has 0 unspecified atom stereocenters. The summed E-state index contributed by atoms with van der Waals surface area (Å²) in [5, 5.41) is 0. The average molecular weight is 945 g/mol. The molecule has 0 spiro atoms. The molecule has 0 saturated heterocycles. The van der Waals surface area contributed by atoms with Gasteiger partial charge in [-0.15, -0.1) is 0 Å². The Labute approximate surface area is 196 Å². The summed E-state index contributed by atoms with van der Waals surface area (Å²) in [5.74, 6) is 0. The molecule has 0 amide bonds. The van der Waals surface area contributed by atoms with Gasteiger partial charge in [0.05, 0.1) is 0 Å². The smallest absolute Gasteiger partial charge is 3.00 e. The van der Waals surface area contributed by atoms with Crippen LogP contribution in [0.15, 0.2) is 0 Å². The van der Waals surface area contributed by atoms with E-state index in [9.17, 15) is 0 Å². The van der Waals surface area contributed by atoms with Crippen molar-refractivity contribution in [2.24, 2.45) is 0 Å². The summed E-state index contributed by atoms with van der Waals surface area (Å²) in [4.78, 5) is 0. The molecule has 0 aliphatic rings. The van der Waals surface area contributed by atoms with Crippen molar-refractivity contribution < 1.29 is 169 Å². The van der Waals surface area contributed by atoms with Crippen molar-refractivity contribution in [2.75, 3.05) is 0 Å². The van der Waals surface area contributed by atoms with Gasteiger partial charge in [-0.2, -0.15) is 0 Å². The summed E-state index contributed by atoms with van der Waals surface area (Å²) in [6, 6.07) is 0. The molecule has 0 heterocycles. The second-order valence-corrected chi connectivity index (χ2v) is 0. The number of rotatable bonds is 0. The Balaban J connectivity index is 0. The maximum Gasteiger partial charge on any atom is 5.00 e. The fourth-order valence-corrected chi connectivity index (χ4v) is 0. The van der Waals surface area contributed by atoms with Gasteiger partial charge in [0.1, 0.15) is 0 Å². The third-order valence-corrected chi connectivity index (χ3v) is 0. The van der Waals surface area contributed by atoms with Gasteiger partial charge in [0, 0.05) is 102 Å². The van der Waals surface area contributed by atoms with Gasteiger partial charge in [-0.1, -0.05) is 0 Å². The molecular formula is Cr3N5Ni3Ta3. The third kappa shape index (κ3) is 170. The molecular weight excluding hydrogens is 945 g/mol. The predicted octanol–water partition coefficient (Wildman–Crippen LogP) is 1.42. The normalized spacial score (nSPS) is 0. The van der Waals surface area contributed by atoms with E-state index in [4.69, 9.17) is 0 Å². The summed E-state index contributed by atoms with van der Waals surface area (Å²) in [6.07, 6.45) is 0. The van der Waals surface area contributed by atoms with E-state index in [-0.39, 0.29) is 199 Å². The van der Waals surface area contributed by atoms with Crippen LogP contribution < -0.4 is 0 Å². The van der Waals surface area contributed by atoms with E-state index in [1.807, 2.05) is 0 Å². The molecule has 88 valence electrons. The van der Waals surface area contributed by atoms with Gasteiger partial charge in [0.15, 0.2) is 0 Å². The zero-order chi connectivity index (χ0) is 0. The van der Waals surface area contributed by atoms with Crippen LogP contribution in [0.1, 0.15) is 0 Å². The molecule has 0 saturated carbocycles. The Morgan fingerprint density at radius 2 is 0.286 bits per heavy atom. The van der Waals surface area contributed by atoms with Crippen molar-refractivity contribution in [3.05, 3.63) is 30.8 Å². The molecule has 5 nitrogen and oxygen atoms in total. The Kier molecular flexibility index (Phi) is 3500. The van der Waals surface area contributed by atoms with Crippen LogP contribution in [0.25, 0.3) is 30.8 Å². The summed E-state index contributed by atoms with van der Waals surface area (Å²) in [7, 11) is 0. The molecule has 0 aliphatic heterocycles. The van der Waals surface area contributed by atoms with E-state index in [2.05, 4.69) is 0 Å². The summed E-state index contributed by atoms with van der Waals surface area (Å²) in [5.41, 5.74) is 0. The maximum absolute atomic E-state index is 0. The largest absolute Gasteiger partial charge is 5.00 e. The minimum atomic E-state index is 0. The first-order chi connectivity index (χ1) is 0. The predicted molar refractivity (Wildman–Crippen MR) is 16.8 cm³/mol. The minimum Gasteiger partial charge on any atom is -3.00 e. The third-order valence-electron chi connectivity index (χ3n) is 0. The molecule has 0 fully saturated rings. The van der Waals surface area contributed by atoms with Gasteiger partial charge in [0.25, 0.3) is 0 Å². The van der Waals surface area contributed by atoms with Gasteiger partial charge in [-0.3, -0.25) is 0 Å². The van der Waals surface area contributed by atoms with Crippen molar-refractivity contribution in [3.8, 4) is 0 Å². The topological polar surface area (TPSA) is 152 Å². The van der Waals surface area contributed by atoms with Crippen molar-refractivity contribution in [1.82, 2.24) is 0 Å². The van der Waals surface area contributed by atoms with Crippen LogP contribution in [0.5, 0.6) is 0 Å². The summed E-state index contributed by atoms with van der Waals surface area (Å²) >= 11 is 0. The summed E-state index contributed by atoms with van der Waals surface area (Å²) in [6.45, 7) is 0. The molecule has 0 aromatic carbocycles. The van der Waals surface area contributed by atoms with E-state index in [1.54, 1.807) is 0 Å². The van der Waals surface area contributed by atoms with Crippen molar-refractivity contribution in [2.45, 2.75) is 0 Å². The zero-order valence-electron chi connectivity index (χ0n) is 5.75. The zero-order valence-corrected chi connectivity index (χ0v) is 22.2. The first-order valence-corrected chi connectivity index (χ1v) is 0. The number of hydrogen-bond donors (Lipinski definition) is 0. The monoisotopic (exact) mass is 942 g/mol. The van der Waals surface area contributed by atoms with Crippen molar-refractivity contribution in [3.63, 3.8) is 0 Å². The van der Waals surface area contributed by atoms with Gasteiger partial charge in [-0.05, 0) is 0 Å². The molecule has 0 rings (SSSR count). The van der Waals surface area contributed by atoms with E-state index in [0.717, 1.165) is 0 Å². The van der Waals surface area contributed by atoms with E-state index >= 15 is 0 Å². The molecule has 0 bridgehead atoms. The van der Waals surface area contributed by atoms with Crippen LogP contribution in [0.2, 0.25) is 0 Å². The molecule has 0 atom stereocenters. The Morgan fingerprint density at radius 1 is 0.286 bits per heavy atom. The van der Waals surface area contributed by atoms with Crippen LogP contribution >= 0.6 is 0 Å². The van der Waals surface area contributed by atoms with Crippen LogP contribution in [-0.4, -0.2) is 0 Å². The molecule has 0 aromatic rings. The molecule has 0 N–H and O–H groups in total. The average Bonchev–Trinajstić information content (AvgIpc) is 0. The van der Waals surface area contributed by atoms with Crippen molar-refractivity contribution >= 4 is 0 Å². The van der Waals surface area contributed by atoms with Crippen LogP contribution in [0.4, 0.5) is 0 Å². The second-order valence-electron chi connectivity index (χ2n) is 0. The first kappa shape index (κ1) is 241. The van der Waals surface area contributed by atoms with E-state index in [1.165, 1.54) is 0 Å². The molecule has 14 heavy (non-hydrogen) atoms. The SMILES string of the molecule is [Cr].[Cr].[Cr].[N-3].[N-3].[N-3].[N-3].[N-3].[Ni].[Ni].[Ni].[Ta+5].[Ta+5].[Ta+5]. The Bertz CT molecular complexity index is 27.4. The fraction of sp³-hybridized carbons (Fsp3) is 0. The standard InChI is InChI=1S/3Cr.5N.3Ni.3Ta/q;;;5*-3;;;;3*+5.